The Bertz CT molecular complexity index is 854. The van der Waals surface area contributed by atoms with Crippen LogP contribution in [0, 0.1) is 5.82 Å². The van der Waals surface area contributed by atoms with Gasteiger partial charge in [-0.25, -0.2) is 9.37 Å². The fourth-order valence-electron chi connectivity index (χ4n) is 2.13. The second-order valence-electron chi connectivity index (χ2n) is 5.16. The van der Waals surface area contributed by atoms with Crippen molar-refractivity contribution in [1.29, 1.82) is 0 Å². The normalized spacial score (nSPS) is 11.9. The van der Waals surface area contributed by atoms with Crippen molar-refractivity contribution in [2.24, 2.45) is 5.16 Å². The van der Waals surface area contributed by atoms with E-state index in [1.54, 1.807) is 24.3 Å². The molecule has 6 nitrogen and oxygen atoms in total. The van der Waals surface area contributed by atoms with Crippen molar-refractivity contribution in [2.45, 2.75) is 12.8 Å². The van der Waals surface area contributed by atoms with Crippen molar-refractivity contribution in [3.05, 3.63) is 59.0 Å². The van der Waals surface area contributed by atoms with E-state index in [1.807, 2.05) is 0 Å². The quantitative estimate of drug-likeness (QED) is 0.472. The molecule has 0 spiro atoms. The highest BCUT2D eigenvalue weighted by Crippen LogP contribution is 2.30. The Hall–Kier alpha value is -3.17. The smallest absolute Gasteiger partial charge is 0.417 e. The first-order valence-electron chi connectivity index (χ1n) is 7.55. The second kappa shape index (κ2) is 8.47. The molecule has 0 unspecified atom stereocenters. The van der Waals surface area contributed by atoms with E-state index in [0.29, 0.717) is 23.4 Å². The number of ether oxygens (including phenoxy) is 1. The molecule has 0 saturated heterocycles. The highest BCUT2D eigenvalue weighted by molar-refractivity contribution is 6.45. The number of nitrogens with one attached hydrogen (secondary N) is 1. The largest absolute Gasteiger partial charge is 0.471 e. The number of likely N-dealkylation sites (N-methyl/N-ethyl adjacent to an activating group) is 1. The molecule has 2 rings (SSSR count). The van der Waals surface area contributed by atoms with Gasteiger partial charge in [-0.15, -0.1) is 0 Å². The van der Waals surface area contributed by atoms with E-state index >= 15 is 0 Å². The second-order valence-corrected chi connectivity index (χ2v) is 5.16. The number of carbonyl (C=O) groups is 1. The van der Waals surface area contributed by atoms with Gasteiger partial charge in [0.25, 0.3) is 11.8 Å². The molecule has 1 heterocycles. The summed E-state index contributed by atoms with van der Waals surface area (Å²) in [5, 5.41) is 6.08. The lowest BCUT2D eigenvalue weighted by molar-refractivity contribution is -0.138. The summed E-state index contributed by atoms with van der Waals surface area (Å²) in [5.41, 5.74) is -0.481. The van der Waals surface area contributed by atoms with Crippen molar-refractivity contribution in [2.75, 3.05) is 14.2 Å². The minimum Gasteiger partial charge on any atom is -0.471 e. The van der Waals surface area contributed by atoms with Gasteiger partial charge in [-0.2, -0.15) is 13.2 Å². The van der Waals surface area contributed by atoms with Crippen LogP contribution >= 0.6 is 0 Å². The summed E-state index contributed by atoms with van der Waals surface area (Å²) < 4.78 is 56.7. The molecule has 0 aliphatic heterocycles. The van der Waals surface area contributed by atoms with Crippen LogP contribution in [0.3, 0.4) is 0 Å². The molecule has 1 N–H and O–H groups in total. The van der Waals surface area contributed by atoms with E-state index in [0.717, 1.165) is 0 Å². The van der Waals surface area contributed by atoms with E-state index in [-0.39, 0.29) is 12.3 Å². The van der Waals surface area contributed by atoms with Crippen molar-refractivity contribution in [1.82, 2.24) is 10.3 Å². The molecule has 27 heavy (non-hydrogen) atoms. The van der Waals surface area contributed by atoms with Gasteiger partial charge in [-0.3, -0.25) is 4.79 Å². The van der Waals surface area contributed by atoms with E-state index < -0.39 is 29.3 Å². The van der Waals surface area contributed by atoms with Gasteiger partial charge in [0.05, 0.1) is 5.56 Å². The van der Waals surface area contributed by atoms with Crippen molar-refractivity contribution in [3.63, 3.8) is 0 Å². The van der Waals surface area contributed by atoms with Crippen molar-refractivity contribution < 1.29 is 31.9 Å². The SMILES string of the molecule is CNC(=O)/C(=N\OC)c1ccccc1COc1ncc(C(F)(F)F)cc1F. The predicted molar refractivity (Wildman–Crippen MR) is 87.6 cm³/mol. The van der Waals surface area contributed by atoms with Crippen molar-refractivity contribution >= 4 is 11.6 Å². The zero-order valence-electron chi connectivity index (χ0n) is 14.3. The summed E-state index contributed by atoms with van der Waals surface area (Å²) in [6, 6.07) is 6.75. The third-order valence-corrected chi connectivity index (χ3v) is 3.40. The summed E-state index contributed by atoms with van der Waals surface area (Å²) in [5.74, 6) is -2.37. The van der Waals surface area contributed by atoms with Crippen LogP contribution in [0.1, 0.15) is 16.7 Å². The molecule has 1 aromatic carbocycles. The van der Waals surface area contributed by atoms with E-state index in [1.165, 1.54) is 14.2 Å². The molecule has 0 bridgehead atoms. The lowest BCUT2D eigenvalue weighted by Gasteiger charge is -2.12. The third kappa shape index (κ3) is 4.93. The minimum absolute atomic E-state index is 0.0416. The Morgan fingerprint density at radius 3 is 2.59 bits per heavy atom. The molecule has 0 aliphatic carbocycles. The summed E-state index contributed by atoms with van der Waals surface area (Å²) in [7, 11) is 2.68. The highest BCUT2D eigenvalue weighted by Gasteiger charge is 2.32. The van der Waals surface area contributed by atoms with Crippen molar-refractivity contribution in [3.8, 4) is 5.88 Å². The lowest BCUT2D eigenvalue weighted by Crippen LogP contribution is -2.29. The summed E-state index contributed by atoms with van der Waals surface area (Å²) in [4.78, 5) is 20.0. The molecular weight excluding hydrogens is 370 g/mol. The highest BCUT2D eigenvalue weighted by atomic mass is 19.4. The van der Waals surface area contributed by atoms with Crippen LogP contribution in [0.5, 0.6) is 5.88 Å². The Morgan fingerprint density at radius 1 is 1.30 bits per heavy atom. The first kappa shape index (κ1) is 20.1. The third-order valence-electron chi connectivity index (χ3n) is 3.40. The first-order chi connectivity index (χ1) is 12.8. The van der Waals surface area contributed by atoms with Crippen LogP contribution in [-0.4, -0.2) is 30.8 Å². The fraction of sp³-hybridized carbons (Fsp3) is 0.235. The van der Waals surface area contributed by atoms with Crippen LogP contribution in [0.15, 0.2) is 41.7 Å². The van der Waals surface area contributed by atoms with Crippen LogP contribution < -0.4 is 10.1 Å². The first-order valence-corrected chi connectivity index (χ1v) is 7.55. The van der Waals surface area contributed by atoms with Gasteiger partial charge in [0.2, 0.25) is 0 Å². The summed E-state index contributed by atoms with van der Waals surface area (Å²) in [6.07, 6.45) is -4.23. The van der Waals surface area contributed by atoms with Gasteiger partial charge in [0, 0.05) is 18.8 Å². The minimum atomic E-state index is -4.71. The number of amides is 1. The number of benzene rings is 1. The summed E-state index contributed by atoms with van der Waals surface area (Å²) >= 11 is 0. The van der Waals surface area contributed by atoms with E-state index in [4.69, 9.17) is 4.74 Å². The Morgan fingerprint density at radius 2 is 2.00 bits per heavy atom. The van der Waals surface area contributed by atoms with Gasteiger partial charge in [0.1, 0.15) is 13.7 Å². The number of pyridine rings is 1. The Labute approximate surface area is 151 Å². The molecule has 1 aromatic heterocycles. The van der Waals surface area contributed by atoms with Gasteiger partial charge in [-0.05, 0) is 11.6 Å². The van der Waals surface area contributed by atoms with E-state index in [9.17, 15) is 22.4 Å². The van der Waals surface area contributed by atoms with Crippen LogP contribution in [0.25, 0.3) is 0 Å². The summed E-state index contributed by atoms with van der Waals surface area (Å²) in [6.45, 7) is -0.259. The number of rotatable bonds is 6. The number of alkyl halides is 3. The maximum Gasteiger partial charge on any atom is 0.417 e. The zero-order chi connectivity index (χ0) is 20.0. The average Bonchev–Trinajstić information content (AvgIpc) is 2.64. The maximum absolute atomic E-state index is 13.9. The molecule has 0 saturated carbocycles. The van der Waals surface area contributed by atoms with Crippen LogP contribution in [0.4, 0.5) is 17.6 Å². The maximum atomic E-state index is 13.9. The Kier molecular flexibility index (Phi) is 6.32. The van der Waals surface area contributed by atoms with E-state index in [2.05, 4.69) is 20.3 Å². The molecule has 0 atom stereocenters. The molecule has 10 heteroatoms. The standard InChI is InChI=1S/C17H15F4N3O3/c1-22-15(25)14(24-26-2)12-6-4-3-5-10(12)9-27-16-13(18)7-11(8-23-16)17(19,20)21/h3-8H,9H2,1-2H3,(H,22,25)/b24-14-. The molecule has 2 aromatic rings. The van der Waals surface area contributed by atoms with Gasteiger partial charge >= 0.3 is 6.18 Å². The van der Waals surface area contributed by atoms with Gasteiger partial charge < -0.3 is 14.9 Å². The van der Waals surface area contributed by atoms with Gasteiger partial charge in [-0.1, -0.05) is 29.4 Å². The number of halogens is 4. The number of hydrogen-bond acceptors (Lipinski definition) is 5. The molecule has 144 valence electrons. The Balaban J connectivity index is 2.27. The predicted octanol–water partition coefficient (Wildman–Crippen LogP) is 2.92. The molecule has 1 amide bonds. The average molecular weight is 385 g/mol. The molecule has 0 aliphatic rings. The molecular formula is C17H15F4N3O3. The number of nitrogens with zero attached hydrogens (tertiary/aromatic N) is 2. The fourth-order valence-corrected chi connectivity index (χ4v) is 2.13. The van der Waals surface area contributed by atoms with Crippen LogP contribution in [0.2, 0.25) is 0 Å². The topological polar surface area (TPSA) is 72.8 Å². The number of hydrogen-bond donors (Lipinski definition) is 1. The number of oxime groups is 1. The molecule has 0 radical (unpaired) electrons. The zero-order valence-corrected chi connectivity index (χ0v) is 14.3. The molecule has 0 fully saturated rings. The number of aromatic nitrogens is 1. The number of carbonyl (C=O) groups excluding carboxylic acids is 1. The van der Waals surface area contributed by atoms with Gasteiger partial charge in [0.15, 0.2) is 11.5 Å². The monoisotopic (exact) mass is 385 g/mol. The van der Waals surface area contributed by atoms with Crippen LogP contribution in [-0.2, 0) is 22.4 Å². The lowest BCUT2D eigenvalue weighted by atomic mass is 10.0.